The molecule has 0 aliphatic carbocycles. The van der Waals surface area contributed by atoms with Crippen LogP contribution in [0.2, 0.25) is 0 Å². The molecule has 2 aromatic carbocycles. The van der Waals surface area contributed by atoms with Crippen molar-refractivity contribution in [2.75, 3.05) is 0 Å². The van der Waals surface area contributed by atoms with E-state index in [1.165, 1.54) is 10.9 Å². The largest absolute Gasteiger partial charge is 0.506 e. The number of hydrogen-bond acceptors (Lipinski definition) is 1. The van der Waals surface area contributed by atoms with Gasteiger partial charge in [0, 0.05) is 23.6 Å². The van der Waals surface area contributed by atoms with Gasteiger partial charge in [0.25, 0.3) is 0 Å². The first-order chi connectivity index (χ1) is 10.6. The van der Waals surface area contributed by atoms with Crippen LogP contribution in [-0.4, -0.2) is 5.11 Å². The van der Waals surface area contributed by atoms with Crippen LogP contribution in [-0.2, 0) is 7.05 Å². The second kappa shape index (κ2) is 6.23. The summed E-state index contributed by atoms with van der Waals surface area (Å²) in [4.78, 5) is 0. The summed E-state index contributed by atoms with van der Waals surface area (Å²) < 4.78 is 3.50. The number of phenolic OH excluding ortho intramolecular Hbond substituents is 1. The number of rotatable bonds is 2. The van der Waals surface area contributed by atoms with E-state index in [1.807, 2.05) is 30.3 Å². The molecule has 0 saturated carbocycles. The Morgan fingerprint density at radius 3 is 2.36 bits per heavy atom. The van der Waals surface area contributed by atoms with Crippen molar-refractivity contribution in [3.05, 3.63) is 68.7 Å². The van der Waals surface area contributed by atoms with E-state index < -0.39 is 0 Å². The minimum absolute atomic E-state index is 0.216. The SMILES string of the molecule is C[n+]1c(/C=C/c2cc(Br)c(O)c(Br)c2)ccc2ccccc21. The number of hydrogen-bond donors (Lipinski definition) is 1. The Bertz CT molecular complexity index is 864. The van der Waals surface area contributed by atoms with Gasteiger partial charge >= 0.3 is 0 Å². The third-order valence-corrected chi connectivity index (χ3v) is 4.81. The molecule has 1 N–H and O–H groups in total. The molecule has 1 aromatic heterocycles. The van der Waals surface area contributed by atoms with Crippen molar-refractivity contribution >= 4 is 54.9 Å². The minimum Gasteiger partial charge on any atom is -0.506 e. The molecule has 110 valence electrons. The number of aromatic hydroxyl groups is 1. The Morgan fingerprint density at radius 1 is 0.955 bits per heavy atom. The number of nitrogens with zero attached hydrogens (tertiary/aromatic N) is 1. The van der Waals surface area contributed by atoms with Crippen molar-refractivity contribution in [2.45, 2.75) is 0 Å². The highest BCUT2D eigenvalue weighted by Gasteiger charge is 2.09. The summed E-state index contributed by atoms with van der Waals surface area (Å²) in [5, 5.41) is 11.0. The highest BCUT2D eigenvalue weighted by atomic mass is 79.9. The zero-order chi connectivity index (χ0) is 15.7. The van der Waals surface area contributed by atoms with Gasteiger partial charge in [0.1, 0.15) is 12.8 Å². The fraction of sp³-hybridized carbons (Fsp3) is 0.0556. The number of para-hydroxylation sites is 1. The lowest BCUT2D eigenvalue weighted by Gasteiger charge is -2.02. The molecule has 0 saturated heterocycles. The highest BCUT2D eigenvalue weighted by molar-refractivity contribution is 9.11. The summed E-state index contributed by atoms with van der Waals surface area (Å²) in [6, 6.07) is 16.3. The van der Waals surface area contributed by atoms with Gasteiger partial charge in [-0.3, -0.25) is 0 Å². The average molecular weight is 420 g/mol. The van der Waals surface area contributed by atoms with Crippen LogP contribution in [0.3, 0.4) is 0 Å². The number of fused-ring (bicyclic) bond motifs is 1. The number of aromatic nitrogens is 1. The number of aryl methyl sites for hydroxylation is 1. The summed E-state index contributed by atoms with van der Waals surface area (Å²) in [5.74, 6) is 0.216. The van der Waals surface area contributed by atoms with E-state index >= 15 is 0 Å². The quantitative estimate of drug-likeness (QED) is 0.576. The van der Waals surface area contributed by atoms with Gasteiger partial charge in [-0.15, -0.1) is 0 Å². The summed E-state index contributed by atoms with van der Waals surface area (Å²) in [5.41, 5.74) is 3.31. The van der Waals surface area contributed by atoms with Gasteiger partial charge in [0.05, 0.1) is 8.95 Å². The average Bonchev–Trinajstić information content (AvgIpc) is 2.52. The second-order valence-corrected chi connectivity index (χ2v) is 6.75. The molecule has 3 rings (SSSR count). The van der Waals surface area contributed by atoms with Gasteiger partial charge in [0.2, 0.25) is 11.2 Å². The Balaban J connectivity index is 2.01. The van der Waals surface area contributed by atoms with Gasteiger partial charge < -0.3 is 5.11 Å². The second-order valence-electron chi connectivity index (χ2n) is 5.04. The molecule has 3 aromatic rings. The lowest BCUT2D eigenvalue weighted by Crippen LogP contribution is -2.32. The topological polar surface area (TPSA) is 24.1 Å². The molecule has 0 fully saturated rings. The van der Waals surface area contributed by atoms with Crippen LogP contribution in [0.15, 0.2) is 57.5 Å². The lowest BCUT2D eigenvalue weighted by atomic mass is 10.1. The maximum Gasteiger partial charge on any atom is 0.212 e. The van der Waals surface area contributed by atoms with Crippen LogP contribution in [0.5, 0.6) is 5.75 Å². The third kappa shape index (κ3) is 2.94. The van der Waals surface area contributed by atoms with Gasteiger partial charge in [-0.25, -0.2) is 0 Å². The van der Waals surface area contributed by atoms with E-state index in [2.05, 4.69) is 73.8 Å². The van der Waals surface area contributed by atoms with E-state index in [1.54, 1.807) is 0 Å². The molecule has 0 bridgehead atoms. The summed E-state index contributed by atoms with van der Waals surface area (Å²) in [7, 11) is 2.06. The fourth-order valence-electron chi connectivity index (χ4n) is 2.39. The number of benzene rings is 2. The first kappa shape index (κ1) is 15.3. The van der Waals surface area contributed by atoms with Crippen molar-refractivity contribution in [3.63, 3.8) is 0 Å². The molecular formula is C18H14Br2NO+. The molecule has 0 aliphatic rings. The molecule has 2 nitrogen and oxygen atoms in total. The minimum atomic E-state index is 0.216. The maximum atomic E-state index is 9.76. The summed E-state index contributed by atoms with van der Waals surface area (Å²) in [6.45, 7) is 0. The first-order valence-electron chi connectivity index (χ1n) is 6.80. The predicted octanol–water partition coefficient (Wildman–Crippen LogP) is 5.07. The summed E-state index contributed by atoms with van der Waals surface area (Å²) in [6.07, 6.45) is 4.09. The fourth-order valence-corrected chi connectivity index (χ4v) is 3.61. The van der Waals surface area contributed by atoms with Gasteiger partial charge in [-0.05, 0) is 67.8 Å². The van der Waals surface area contributed by atoms with Crippen molar-refractivity contribution < 1.29 is 9.67 Å². The molecule has 1 heterocycles. The molecule has 4 heteroatoms. The monoisotopic (exact) mass is 418 g/mol. The Hall–Kier alpha value is -1.65. The number of pyridine rings is 1. The van der Waals surface area contributed by atoms with Crippen molar-refractivity contribution in [3.8, 4) is 5.75 Å². The van der Waals surface area contributed by atoms with Gasteiger partial charge in [0.15, 0.2) is 0 Å². The Morgan fingerprint density at radius 2 is 1.64 bits per heavy atom. The zero-order valence-electron chi connectivity index (χ0n) is 11.9. The van der Waals surface area contributed by atoms with Crippen LogP contribution in [0.25, 0.3) is 23.1 Å². The van der Waals surface area contributed by atoms with Crippen LogP contribution in [0.4, 0.5) is 0 Å². The normalized spacial score (nSPS) is 11.4. The summed E-state index contributed by atoms with van der Waals surface area (Å²) >= 11 is 6.70. The first-order valence-corrected chi connectivity index (χ1v) is 8.39. The van der Waals surface area contributed by atoms with E-state index in [4.69, 9.17) is 0 Å². The van der Waals surface area contributed by atoms with Crippen molar-refractivity contribution in [1.82, 2.24) is 0 Å². The van der Waals surface area contributed by atoms with Crippen LogP contribution >= 0.6 is 31.9 Å². The zero-order valence-corrected chi connectivity index (χ0v) is 15.1. The van der Waals surface area contributed by atoms with E-state index in [-0.39, 0.29) is 5.75 Å². The molecule has 0 unspecified atom stereocenters. The predicted molar refractivity (Wildman–Crippen MR) is 97.6 cm³/mol. The maximum absolute atomic E-state index is 9.76. The van der Waals surface area contributed by atoms with E-state index in [0.29, 0.717) is 8.95 Å². The molecule has 0 radical (unpaired) electrons. The van der Waals surface area contributed by atoms with Crippen LogP contribution in [0, 0.1) is 0 Å². The standard InChI is InChI=1S/C18H13Br2NO/c1-21-14(9-7-13-4-2-3-5-17(13)21)8-6-12-10-15(19)18(22)16(20)11-12/h2-11H,1H3/p+1. The third-order valence-electron chi connectivity index (χ3n) is 3.60. The Kier molecular flexibility index (Phi) is 4.32. The highest BCUT2D eigenvalue weighted by Crippen LogP contribution is 2.33. The molecule has 0 amide bonds. The van der Waals surface area contributed by atoms with Crippen LogP contribution < -0.4 is 4.57 Å². The molecule has 0 spiro atoms. The van der Waals surface area contributed by atoms with Crippen molar-refractivity contribution in [1.29, 1.82) is 0 Å². The van der Waals surface area contributed by atoms with E-state index in [0.717, 1.165) is 11.3 Å². The molecule has 22 heavy (non-hydrogen) atoms. The molecule has 0 aliphatic heterocycles. The Labute approximate surface area is 146 Å². The smallest absolute Gasteiger partial charge is 0.212 e. The number of phenols is 1. The lowest BCUT2D eigenvalue weighted by molar-refractivity contribution is -0.646. The van der Waals surface area contributed by atoms with Gasteiger partial charge in [-0.1, -0.05) is 12.1 Å². The number of halogens is 2. The molecular weight excluding hydrogens is 406 g/mol. The van der Waals surface area contributed by atoms with Gasteiger partial charge in [-0.2, -0.15) is 4.57 Å². The molecule has 0 atom stereocenters. The van der Waals surface area contributed by atoms with Crippen molar-refractivity contribution in [2.24, 2.45) is 7.05 Å². The van der Waals surface area contributed by atoms with Crippen LogP contribution in [0.1, 0.15) is 11.3 Å². The van der Waals surface area contributed by atoms with E-state index in [9.17, 15) is 5.11 Å².